The fourth-order valence-electron chi connectivity index (χ4n) is 1.56. The molecule has 1 heterocycles. The normalized spacial score (nSPS) is 10.5. The molecule has 132 valence electrons. The van der Waals surface area contributed by atoms with Crippen molar-refractivity contribution in [1.82, 2.24) is 10.2 Å². The lowest BCUT2D eigenvalue weighted by Gasteiger charge is -2.03. The van der Waals surface area contributed by atoms with Gasteiger partial charge in [0.1, 0.15) is 0 Å². The van der Waals surface area contributed by atoms with Gasteiger partial charge in [-0.2, -0.15) is 0 Å². The van der Waals surface area contributed by atoms with Gasteiger partial charge in [0.05, 0.1) is 10.7 Å². The van der Waals surface area contributed by atoms with Gasteiger partial charge in [0.25, 0.3) is 5.69 Å². The van der Waals surface area contributed by atoms with Crippen molar-refractivity contribution in [3.05, 3.63) is 34.4 Å². The lowest BCUT2D eigenvalue weighted by molar-refractivity contribution is -0.384. The highest BCUT2D eigenvalue weighted by Gasteiger charge is 2.13. The summed E-state index contributed by atoms with van der Waals surface area (Å²) in [5.74, 6) is -0.484. The van der Waals surface area contributed by atoms with Crippen molar-refractivity contribution in [3.8, 4) is 0 Å². The second-order valence-corrected chi connectivity index (χ2v) is 7.36. The molecule has 2 amide bonds. The van der Waals surface area contributed by atoms with E-state index in [-0.39, 0.29) is 29.2 Å². The molecule has 1 aromatic heterocycles. The van der Waals surface area contributed by atoms with Crippen molar-refractivity contribution >= 4 is 51.4 Å². The van der Waals surface area contributed by atoms with Gasteiger partial charge in [0.15, 0.2) is 4.34 Å². The Hall–Kier alpha value is -2.53. The topological polar surface area (TPSA) is 127 Å². The van der Waals surface area contributed by atoms with E-state index in [1.54, 1.807) is 13.8 Å². The summed E-state index contributed by atoms with van der Waals surface area (Å²) in [6, 6.07) is 5.56. The Morgan fingerprint density at radius 2 is 1.92 bits per heavy atom. The smallest absolute Gasteiger partial charge is 0.269 e. The van der Waals surface area contributed by atoms with Crippen molar-refractivity contribution < 1.29 is 14.5 Å². The van der Waals surface area contributed by atoms with Crippen LogP contribution in [0.2, 0.25) is 0 Å². The Bertz CT molecular complexity index is 776. The van der Waals surface area contributed by atoms with E-state index in [0.717, 1.165) is 0 Å². The maximum Gasteiger partial charge on any atom is 0.269 e. The van der Waals surface area contributed by atoms with Crippen LogP contribution in [0.5, 0.6) is 0 Å². The van der Waals surface area contributed by atoms with E-state index < -0.39 is 4.92 Å². The molecular weight excluding hydrogens is 366 g/mol. The molecule has 0 bridgehead atoms. The Balaban J connectivity index is 1.83. The summed E-state index contributed by atoms with van der Waals surface area (Å²) >= 11 is 2.37. The first-order valence-corrected chi connectivity index (χ1v) is 8.97. The highest BCUT2D eigenvalue weighted by molar-refractivity contribution is 8.01. The fourth-order valence-corrected chi connectivity index (χ4v) is 3.11. The number of hydrogen-bond acceptors (Lipinski definition) is 8. The summed E-state index contributed by atoms with van der Waals surface area (Å²) in [5.41, 5.74) is 0.426. The molecule has 2 aromatic rings. The number of non-ortho nitro benzene ring substituents is 1. The van der Waals surface area contributed by atoms with Crippen LogP contribution in [0.1, 0.15) is 13.8 Å². The molecule has 0 atom stereocenters. The number of hydrogen-bond donors (Lipinski definition) is 2. The summed E-state index contributed by atoms with van der Waals surface area (Å²) in [6.07, 6.45) is 0. The molecule has 9 nitrogen and oxygen atoms in total. The van der Waals surface area contributed by atoms with Gasteiger partial charge >= 0.3 is 0 Å². The minimum atomic E-state index is -0.507. The molecule has 11 heteroatoms. The van der Waals surface area contributed by atoms with Gasteiger partial charge in [-0.15, -0.1) is 10.2 Å². The number of benzene rings is 1. The predicted molar refractivity (Wildman–Crippen MR) is 95.8 cm³/mol. The van der Waals surface area contributed by atoms with Crippen LogP contribution in [0, 0.1) is 16.0 Å². The first kappa shape index (κ1) is 18.8. The number of nitro benzene ring substituents is 1. The number of amides is 2. The van der Waals surface area contributed by atoms with Crippen LogP contribution in [-0.4, -0.2) is 32.7 Å². The van der Waals surface area contributed by atoms with E-state index in [1.165, 1.54) is 47.4 Å². The third-order valence-electron chi connectivity index (χ3n) is 2.85. The maximum absolute atomic E-state index is 11.9. The van der Waals surface area contributed by atoms with Crippen molar-refractivity contribution in [2.24, 2.45) is 5.92 Å². The number of carbonyl (C=O) groups excluding carboxylic acids is 2. The van der Waals surface area contributed by atoms with Gasteiger partial charge in [0.2, 0.25) is 16.9 Å². The van der Waals surface area contributed by atoms with Crippen LogP contribution < -0.4 is 10.6 Å². The van der Waals surface area contributed by atoms with Gasteiger partial charge < -0.3 is 10.6 Å². The van der Waals surface area contributed by atoms with Gasteiger partial charge in [-0.25, -0.2) is 0 Å². The lowest BCUT2D eigenvalue weighted by atomic mass is 10.2. The number of thioether (sulfide) groups is 1. The molecule has 0 aliphatic rings. The van der Waals surface area contributed by atoms with E-state index in [2.05, 4.69) is 20.8 Å². The van der Waals surface area contributed by atoms with Crippen molar-refractivity contribution in [2.45, 2.75) is 18.2 Å². The number of nitrogens with zero attached hydrogens (tertiary/aromatic N) is 3. The minimum absolute atomic E-state index is 0.0443. The highest BCUT2D eigenvalue weighted by atomic mass is 32.2. The summed E-state index contributed by atoms with van der Waals surface area (Å²) in [5, 5.41) is 24.0. The van der Waals surface area contributed by atoms with Gasteiger partial charge in [-0.1, -0.05) is 36.9 Å². The lowest BCUT2D eigenvalue weighted by Crippen LogP contribution is -2.17. The quantitative estimate of drug-likeness (QED) is 0.327. The average molecular weight is 381 g/mol. The number of nitro groups is 1. The molecule has 1 aromatic carbocycles. The van der Waals surface area contributed by atoms with Crippen molar-refractivity contribution in [3.63, 3.8) is 0 Å². The Morgan fingerprint density at radius 3 is 2.52 bits per heavy atom. The highest BCUT2D eigenvalue weighted by Crippen LogP contribution is 2.26. The largest absolute Gasteiger partial charge is 0.325 e. The zero-order valence-corrected chi connectivity index (χ0v) is 15.0. The van der Waals surface area contributed by atoms with Crippen LogP contribution in [0.15, 0.2) is 28.6 Å². The third kappa shape index (κ3) is 5.80. The molecule has 2 rings (SSSR count). The van der Waals surface area contributed by atoms with E-state index in [1.807, 2.05) is 0 Å². The summed E-state index contributed by atoms with van der Waals surface area (Å²) in [4.78, 5) is 33.5. The molecule has 2 N–H and O–H groups in total. The molecule has 0 unspecified atom stereocenters. The summed E-state index contributed by atoms with van der Waals surface area (Å²) in [7, 11) is 0. The summed E-state index contributed by atoms with van der Waals surface area (Å²) < 4.78 is 0.554. The van der Waals surface area contributed by atoms with Crippen molar-refractivity contribution in [1.29, 1.82) is 0 Å². The Labute approximate surface area is 151 Å². The van der Waals surface area contributed by atoms with E-state index in [4.69, 9.17) is 0 Å². The van der Waals surface area contributed by atoms with Crippen LogP contribution in [0.4, 0.5) is 16.5 Å². The monoisotopic (exact) mass is 381 g/mol. The van der Waals surface area contributed by atoms with E-state index >= 15 is 0 Å². The molecule has 25 heavy (non-hydrogen) atoms. The maximum atomic E-state index is 11.9. The minimum Gasteiger partial charge on any atom is -0.325 e. The van der Waals surface area contributed by atoms with Crippen LogP contribution in [0.25, 0.3) is 0 Å². The molecule has 0 radical (unpaired) electrons. The molecule has 0 saturated carbocycles. The van der Waals surface area contributed by atoms with E-state index in [9.17, 15) is 19.7 Å². The average Bonchev–Trinajstić information content (AvgIpc) is 3.01. The first-order valence-electron chi connectivity index (χ1n) is 7.16. The second-order valence-electron chi connectivity index (χ2n) is 5.16. The van der Waals surface area contributed by atoms with E-state index in [0.29, 0.717) is 15.2 Å². The zero-order chi connectivity index (χ0) is 18.4. The first-order chi connectivity index (χ1) is 11.8. The number of nitrogens with one attached hydrogen (secondary N) is 2. The standard InChI is InChI=1S/C14H15N5O4S2/c1-8(2)12(21)16-13-17-18-14(25-13)24-7-11(20)15-9-3-5-10(6-4-9)19(22)23/h3-6,8H,7H2,1-2H3,(H,15,20)(H,16,17,21). The number of aromatic nitrogens is 2. The molecule has 0 saturated heterocycles. The van der Waals surface area contributed by atoms with Gasteiger partial charge in [-0.3, -0.25) is 19.7 Å². The molecule has 0 aliphatic carbocycles. The van der Waals surface area contributed by atoms with Crippen LogP contribution >= 0.6 is 23.1 Å². The van der Waals surface area contributed by atoms with Gasteiger partial charge in [0, 0.05) is 23.7 Å². The number of rotatable bonds is 7. The fraction of sp³-hybridized carbons (Fsp3) is 0.286. The summed E-state index contributed by atoms with van der Waals surface area (Å²) in [6.45, 7) is 3.54. The number of carbonyl (C=O) groups is 2. The molecule has 0 spiro atoms. The predicted octanol–water partition coefficient (Wildman–Crippen LogP) is 2.77. The molecular formula is C14H15N5O4S2. The van der Waals surface area contributed by atoms with Crippen LogP contribution in [-0.2, 0) is 9.59 Å². The molecule has 0 fully saturated rings. The number of anilines is 2. The Morgan fingerprint density at radius 1 is 1.24 bits per heavy atom. The zero-order valence-electron chi connectivity index (χ0n) is 13.4. The third-order valence-corrected chi connectivity index (χ3v) is 4.82. The van der Waals surface area contributed by atoms with Crippen molar-refractivity contribution in [2.75, 3.05) is 16.4 Å². The SMILES string of the molecule is CC(C)C(=O)Nc1nnc(SCC(=O)Nc2ccc([N+](=O)[O-])cc2)s1. The second kappa shape index (κ2) is 8.53. The van der Waals surface area contributed by atoms with Gasteiger partial charge in [-0.05, 0) is 12.1 Å². The Kier molecular flexibility index (Phi) is 6.42. The van der Waals surface area contributed by atoms with Crippen LogP contribution in [0.3, 0.4) is 0 Å². The molecule has 0 aliphatic heterocycles.